The fraction of sp³-hybridized carbons (Fsp3) is 0.500. The van der Waals surface area contributed by atoms with E-state index in [0.29, 0.717) is 5.56 Å². The largest absolute Gasteiger partial charge is 0.461 e. The van der Waals surface area contributed by atoms with E-state index in [0.717, 1.165) is 4.90 Å². The summed E-state index contributed by atoms with van der Waals surface area (Å²) >= 11 is 0. The van der Waals surface area contributed by atoms with E-state index < -0.39 is 35.2 Å². The molecule has 7 heteroatoms. The van der Waals surface area contributed by atoms with Crippen LogP contribution in [0.3, 0.4) is 0 Å². The molecule has 25 heavy (non-hydrogen) atoms. The third-order valence-electron chi connectivity index (χ3n) is 5.30. The van der Waals surface area contributed by atoms with E-state index in [1.807, 2.05) is 0 Å². The second kappa shape index (κ2) is 6.22. The van der Waals surface area contributed by atoms with Crippen molar-refractivity contribution in [3.8, 4) is 0 Å². The zero-order chi connectivity index (χ0) is 18.4. The molecule has 0 bridgehead atoms. The Morgan fingerprint density at radius 2 is 1.96 bits per heavy atom. The van der Waals surface area contributed by atoms with Crippen molar-refractivity contribution in [2.75, 3.05) is 13.2 Å². The second-order valence-electron chi connectivity index (χ2n) is 6.64. The maximum atomic E-state index is 14.4. The number of rotatable bonds is 4. The van der Waals surface area contributed by atoms with E-state index in [2.05, 4.69) is 0 Å². The lowest BCUT2D eigenvalue weighted by atomic mass is 9.80. The number of fused-ring (bicyclic) bond motifs is 1. The van der Waals surface area contributed by atoms with Crippen LogP contribution >= 0.6 is 0 Å². The van der Waals surface area contributed by atoms with Gasteiger partial charge in [0.05, 0.1) is 6.61 Å². The van der Waals surface area contributed by atoms with Crippen LogP contribution in [0.5, 0.6) is 0 Å². The van der Waals surface area contributed by atoms with E-state index in [9.17, 15) is 18.8 Å². The van der Waals surface area contributed by atoms with Gasteiger partial charge < -0.3 is 10.1 Å². The molecule has 0 spiro atoms. The molecule has 0 aromatic heterocycles. The van der Waals surface area contributed by atoms with Gasteiger partial charge in [-0.3, -0.25) is 14.5 Å². The number of likely N-dealkylation sites (tertiary alicyclic amines) is 1. The van der Waals surface area contributed by atoms with Crippen molar-refractivity contribution in [1.29, 1.82) is 0 Å². The first-order chi connectivity index (χ1) is 11.9. The molecule has 1 aromatic carbocycles. The molecule has 2 fully saturated rings. The lowest BCUT2D eigenvalue weighted by Gasteiger charge is -2.25. The quantitative estimate of drug-likeness (QED) is 0.630. The van der Waals surface area contributed by atoms with Crippen LogP contribution in [0, 0.1) is 17.7 Å². The Morgan fingerprint density at radius 1 is 1.28 bits per heavy atom. The van der Waals surface area contributed by atoms with Gasteiger partial charge in [-0.15, -0.1) is 0 Å². The second-order valence-corrected chi connectivity index (χ2v) is 6.64. The SMILES string of the molecule is CCOC(=O)[C@]1(C)[NH2+][C@H](c2ccccc2F)[C@H]2C(=O)N(CC)C(=O)[C@H]21. The molecule has 1 aromatic rings. The number of carbonyl (C=O) groups is 3. The highest BCUT2D eigenvalue weighted by atomic mass is 19.1. The minimum absolute atomic E-state index is 0.170. The van der Waals surface area contributed by atoms with E-state index in [1.165, 1.54) is 6.07 Å². The molecule has 6 nitrogen and oxygen atoms in total. The van der Waals surface area contributed by atoms with Crippen LogP contribution in [0.1, 0.15) is 32.4 Å². The van der Waals surface area contributed by atoms with Crippen LogP contribution in [-0.4, -0.2) is 41.4 Å². The summed E-state index contributed by atoms with van der Waals surface area (Å²) in [6.45, 7) is 5.40. The maximum absolute atomic E-state index is 14.4. The number of nitrogens with zero attached hydrogens (tertiary/aromatic N) is 1. The number of halogens is 1. The lowest BCUT2D eigenvalue weighted by molar-refractivity contribution is -0.731. The molecule has 2 heterocycles. The zero-order valence-corrected chi connectivity index (χ0v) is 14.5. The summed E-state index contributed by atoms with van der Waals surface area (Å²) in [6, 6.07) is 5.51. The molecule has 2 aliphatic rings. The van der Waals surface area contributed by atoms with Gasteiger partial charge in [0.25, 0.3) is 0 Å². The third kappa shape index (κ3) is 2.45. The van der Waals surface area contributed by atoms with Gasteiger partial charge >= 0.3 is 5.97 Å². The lowest BCUT2D eigenvalue weighted by Crippen LogP contribution is -2.97. The van der Waals surface area contributed by atoms with Gasteiger partial charge in [0.15, 0.2) is 0 Å². The molecule has 4 atom stereocenters. The van der Waals surface area contributed by atoms with Gasteiger partial charge in [-0.2, -0.15) is 0 Å². The summed E-state index contributed by atoms with van der Waals surface area (Å²) in [5.41, 5.74) is -0.936. The number of ether oxygens (including phenoxy) is 1. The number of hydrogen-bond donors (Lipinski definition) is 1. The van der Waals surface area contributed by atoms with Crippen LogP contribution in [0.15, 0.2) is 24.3 Å². The summed E-state index contributed by atoms with van der Waals surface area (Å²) in [6.07, 6.45) is 0. The average Bonchev–Trinajstić information content (AvgIpc) is 3.03. The molecule has 0 unspecified atom stereocenters. The fourth-order valence-electron chi connectivity index (χ4n) is 4.15. The van der Waals surface area contributed by atoms with E-state index in [1.54, 1.807) is 44.3 Å². The summed E-state index contributed by atoms with van der Waals surface area (Å²) < 4.78 is 19.5. The van der Waals surface area contributed by atoms with Crippen molar-refractivity contribution >= 4 is 17.8 Å². The molecule has 2 N–H and O–H groups in total. The summed E-state index contributed by atoms with van der Waals surface area (Å²) in [5.74, 6) is -3.38. The number of benzene rings is 1. The number of quaternary nitrogens is 1. The van der Waals surface area contributed by atoms with Crippen LogP contribution in [0.4, 0.5) is 4.39 Å². The maximum Gasteiger partial charge on any atom is 0.368 e. The Kier molecular flexibility index (Phi) is 4.36. The molecular formula is C18H22FN2O4+. The Labute approximate surface area is 145 Å². The zero-order valence-electron chi connectivity index (χ0n) is 14.5. The Balaban J connectivity index is 2.11. The molecule has 134 valence electrons. The molecule has 0 radical (unpaired) electrons. The Hall–Kier alpha value is -2.28. The van der Waals surface area contributed by atoms with Crippen molar-refractivity contribution in [2.24, 2.45) is 11.8 Å². The smallest absolute Gasteiger partial charge is 0.368 e. The molecule has 2 aliphatic heterocycles. The third-order valence-corrected chi connectivity index (χ3v) is 5.30. The number of amides is 2. The van der Waals surface area contributed by atoms with Crippen molar-refractivity contribution in [3.63, 3.8) is 0 Å². The topological polar surface area (TPSA) is 80.3 Å². The van der Waals surface area contributed by atoms with Gasteiger partial charge in [-0.1, -0.05) is 18.2 Å². The molecule has 0 saturated carbocycles. The number of esters is 1. The minimum atomic E-state index is -1.26. The first-order valence-electron chi connectivity index (χ1n) is 8.49. The first kappa shape index (κ1) is 17.5. The minimum Gasteiger partial charge on any atom is -0.461 e. The van der Waals surface area contributed by atoms with Gasteiger partial charge in [-0.25, -0.2) is 9.18 Å². The van der Waals surface area contributed by atoms with Crippen LogP contribution in [0.2, 0.25) is 0 Å². The molecule has 2 amide bonds. The number of nitrogens with two attached hydrogens (primary N) is 1. The summed E-state index contributed by atoms with van der Waals surface area (Å²) in [4.78, 5) is 39.4. The van der Waals surface area contributed by atoms with Crippen molar-refractivity contribution in [2.45, 2.75) is 32.4 Å². The van der Waals surface area contributed by atoms with E-state index >= 15 is 0 Å². The van der Waals surface area contributed by atoms with Crippen molar-refractivity contribution in [3.05, 3.63) is 35.6 Å². The van der Waals surface area contributed by atoms with Gasteiger partial charge in [-0.05, 0) is 19.9 Å². The van der Waals surface area contributed by atoms with Crippen LogP contribution < -0.4 is 5.32 Å². The highest BCUT2D eigenvalue weighted by molar-refractivity contribution is 6.08. The Bertz CT molecular complexity index is 738. The van der Waals surface area contributed by atoms with Gasteiger partial charge in [0, 0.05) is 19.0 Å². The van der Waals surface area contributed by atoms with Gasteiger partial charge in [0.2, 0.25) is 17.4 Å². The molecule has 3 rings (SSSR count). The fourth-order valence-corrected chi connectivity index (χ4v) is 4.15. The monoisotopic (exact) mass is 349 g/mol. The number of carbonyl (C=O) groups excluding carboxylic acids is 3. The molecule has 0 aliphatic carbocycles. The predicted molar refractivity (Wildman–Crippen MR) is 85.5 cm³/mol. The standard InChI is InChI=1S/C18H21FN2O4/c1-4-21-15(22)12-13(16(21)23)18(3,17(24)25-5-2)20-14(12)10-8-6-7-9-11(10)19/h6-9,12-14,20H,4-5H2,1-3H3/p+1/t12-,13-,14+,18+/m0/s1. The summed E-state index contributed by atoms with van der Waals surface area (Å²) in [5, 5.41) is 1.63. The number of imide groups is 1. The van der Waals surface area contributed by atoms with Crippen molar-refractivity contribution in [1.82, 2.24) is 4.90 Å². The highest BCUT2D eigenvalue weighted by Gasteiger charge is 2.70. The van der Waals surface area contributed by atoms with E-state index in [-0.39, 0.29) is 25.0 Å². The van der Waals surface area contributed by atoms with Crippen molar-refractivity contribution < 1.29 is 28.8 Å². The molecular weight excluding hydrogens is 327 g/mol. The first-order valence-corrected chi connectivity index (χ1v) is 8.49. The Morgan fingerprint density at radius 3 is 2.56 bits per heavy atom. The number of hydrogen-bond acceptors (Lipinski definition) is 4. The molecule has 2 saturated heterocycles. The van der Waals surface area contributed by atoms with E-state index in [4.69, 9.17) is 4.74 Å². The van der Waals surface area contributed by atoms with Gasteiger partial charge in [0.1, 0.15) is 23.7 Å². The average molecular weight is 349 g/mol. The highest BCUT2D eigenvalue weighted by Crippen LogP contribution is 2.44. The predicted octanol–water partition coefficient (Wildman–Crippen LogP) is 0.387. The van der Waals surface area contributed by atoms with Crippen LogP contribution in [-0.2, 0) is 19.1 Å². The van der Waals surface area contributed by atoms with Crippen LogP contribution in [0.25, 0.3) is 0 Å². The normalized spacial score (nSPS) is 31.4. The summed E-state index contributed by atoms with van der Waals surface area (Å²) in [7, 11) is 0.